The van der Waals surface area contributed by atoms with Crippen LogP contribution in [-0.4, -0.2) is 23.1 Å². The van der Waals surface area contributed by atoms with Crippen LogP contribution in [0.2, 0.25) is 0 Å². The average Bonchev–Trinajstić information content (AvgIpc) is 2.75. The van der Waals surface area contributed by atoms with Crippen LogP contribution in [0.15, 0.2) is 54.6 Å². The Kier molecular flexibility index (Phi) is 5.57. The summed E-state index contributed by atoms with van der Waals surface area (Å²) in [5, 5.41) is 15.8. The molecule has 1 saturated heterocycles. The number of benzene rings is 2. The molecular formula is C23H24N6. The number of para-hydroxylation sites is 1. The molecular weight excluding hydrogens is 360 g/mol. The second kappa shape index (κ2) is 8.61. The molecule has 3 aromatic rings. The van der Waals surface area contributed by atoms with Crippen LogP contribution in [0.4, 0.5) is 28.8 Å². The van der Waals surface area contributed by atoms with E-state index in [1.54, 1.807) is 6.07 Å². The van der Waals surface area contributed by atoms with Gasteiger partial charge in [-0.15, -0.1) is 0 Å². The van der Waals surface area contributed by atoms with E-state index < -0.39 is 0 Å². The summed E-state index contributed by atoms with van der Waals surface area (Å²) in [5.74, 6) is 1.17. The summed E-state index contributed by atoms with van der Waals surface area (Å²) in [6.07, 6.45) is 3.86. The van der Waals surface area contributed by atoms with Crippen LogP contribution in [0.1, 0.15) is 30.5 Å². The van der Waals surface area contributed by atoms with E-state index in [0.29, 0.717) is 17.3 Å². The Morgan fingerprint density at radius 3 is 2.45 bits per heavy atom. The molecule has 6 nitrogen and oxygen atoms in total. The number of piperidine rings is 1. The molecule has 0 bridgehead atoms. The van der Waals surface area contributed by atoms with E-state index >= 15 is 0 Å². The standard InChI is InChI=1S/C23H24N6/c1-17-15-22(27-21-8-4-3-7-18(21)16-24)28-23(25-17)26-19-9-11-20(12-10-19)29-13-5-2-6-14-29/h3-4,7-12,15H,2,5-6,13-14H2,1H3,(H2,25,26,27,28). The molecule has 2 heterocycles. The van der Waals surface area contributed by atoms with Gasteiger partial charge in [-0.2, -0.15) is 10.2 Å². The minimum absolute atomic E-state index is 0.521. The molecule has 0 saturated carbocycles. The topological polar surface area (TPSA) is 76.9 Å². The Bertz CT molecular complexity index is 1020. The molecule has 0 amide bonds. The van der Waals surface area contributed by atoms with Crippen molar-refractivity contribution < 1.29 is 0 Å². The molecule has 0 radical (unpaired) electrons. The first-order valence-electron chi connectivity index (χ1n) is 9.95. The lowest BCUT2D eigenvalue weighted by molar-refractivity contribution is 0.578. The molecule has 4 rings (SSSR count). The van der Waals surface area contributed by atoms with Gasteiger partial charge in [0.1, 0.15) is 11.9 Å². The molecule has 6 heteroatoms. The highest BCUT2D eigenvalue weighted by molar-refractivity contribution is 5.66. The fourth-order valence-electron chi connectivity index (χ4n) is 3.55. The highest BCUT2D eigenvalue weighted by Gasteiger charge is 2.11. The normalized spacial score (nSPS) is 13.6. The molecule has 1 fully saturated rings. The number of hydrogen-bond donors (Lipinski definition) is 2. The van der Waals surface area contributed by atoms with Gasteiger partial charge in [0.25, 0.3) is 0 Å². The van der Waals surface area contributed by atoms with Crippen LogP contribution in [-0.2, 0) is 0 Å². The van der Waals surface area contributed by atoms with E-state index in [4.69, 9.17) is 0 Å². The number of nitriles is 1. The first kappa shape index (κ1) is 18.8. The maximum absolute atomic E-state index is 9.28. The molecule has 29 heavy (non-hydrogen) atoms. The maximum atomic E-state index is 9.28. The number of aryl methyl sites for hydroxylation is 1. The second-order valence-corrected chi connectivity index (χ2v) is 7.22. The highest BCUT2D eigenvalue weighted by atomic mass is 15.2. The number of nitrogens with zero attached hydrogens (tertiary/aromatic N) is 4. The Balaban J connectivity index is 1.50. The quantitative estimate of drug-likeness (QED) is 0.635. The number of nitrogens with one attached hydrogen (secondary N) is 2. The van der Waals surface area contributed by atoms with Crippen molar-refractivity contribution >= 4 is 28.8 Å². The molecule has 1 aromatic heterocycles. The number of rotatable bonds is 5. The van der Waals surface area contributed by atoms with Crippen LogP contribution in [0.25, 0.3) is 0 Å². The van der Waals surface area contributed by atoms with Gasteiger partial charge >= 0.3 is 0 Å². The fraction of sp³-hybridized carbons (Fsp3) is 0.261. The van der Waals surface area contributed by atoms with Crippen LogP contribution >= 0.6 is 0 Å². The maximum Gasteiger partial charge on any atom is 0.229 e. The van der Waals surface area contributed by atoms with Gasteiger partial charge in [-0.25, -0.2) is 4.98 Å². The smallest absolute Gasteiger partial charge is 0.229 e. The van der Waals surface area contributed by atoms with Crippen LogP contribution in [0, 0.1) is 18.3 Å². The van der Waals surface area contributed by atoms with E-state index in [1.807, 2.05) is 31.2 Å². The van der Waals surface area contributed by atoms with E-state index in [9.17, 15) is 5.26 Å². The zero-order valence-corrected chi connectivity index (χ0v) is 16.5. The molecule has 2 N–H and O–H groups in total. The van der Waals surface area contributed by atoms with Crippen molar-refractivity contribution in [3.8, 4) is 6.07 Å². The summed E-state index contributed by atoms with van der Waals surface area (Å²) in [5.41, 5.74) is 4.34. The molecule has 146 valence electrons. The van der Waals surface area contributed by atoms with Crippen LogP contribution in [0.3, 0.4) is 0 Å². The van der Waals surface area contributed by atoms with E-state index in [-0.39, 0.29) is 0 Å². The average molecular weight is 384 g/mol. The number of hydrogen-bond acceptors (Lipinski definition) is 6. The zero-order chi connectivity index (χ0) is 20.1. The Hall–Kier alpha value is -3.59. The van der Waals surface area contributed by atoms with Gasteiger partial charge in [0.05, 0.1) is 11.3 Å². The SMILES string of the molecule is Cc1cc(Nc2ccccc2C#N)nc(Nc2ccc(N3CCCCC3)cc2)n1. The predicted octanol–water partition coefficient (Wildman–Crippen LogP) is 5.13. The van der Waals surface area contributed by atoms with Gasteiger partial charge in [-0.3, -0.25) is 0 Å². The van der Waals surface area contributed by atoms with Crippen molar-refractivity contribution in [3.63, 3.8) is 0 Å². The largest absolute Gasteiger partial charge is 0.372 e. The highest BCUT2D eigenvalue weighted by Crippen LogP contribution is 2.24. The van der Waals surface area contributed by atoms with E-state index in [2.05, 4.69) is 55.8 Å². The van der Waals surface area contributed by atoms with Gasteiger partial charge < -0.3 is 15.5 Å². The van der Waals surface area contributed by atoms with Gasteiger partial charge in [-0.1, -0.05) is 12.1 Å². The first-order valence-corrected chi connectivity index (χ1v) is 9.95. The molecule has 2 aromatic carbocycles. The first-order chi connectivity index (χ1) is 14.2. The molecule has 1 aliphatic heterocycles. The van der Waals surface area contributed by atoms with Crippen molar-refractivity contribution in [2.45, 2.75) is 26.2 Å². The van der Waals surface area contributed by atoms with Crippen LogP contribution in [0.5, 0.6) is 0 Å². The molecule has 0 spiro atoms. The summed E-state index contributed by atoms with van der Waals surface area (Å²) in [6.45, 7) is 4.19. The van der Waals surface area contributed by atoms with Crippen molar-refractivity contribution in [2.24, 2.45) is 0 Å². The lowest BCUT2D eigenvalue weighted by Crippen LogP contribution is -2.29. The number of aromatic nitrogens is 2. The fourth-order valence-corrected chi connectivity index (χ4v) is 3.55. The Labute approximate surface area is 171 Å². The minimum Gasteiger partial charge on any atom is -0.372 e. The Morgan fingerprint density at radius 2 is 1.69 bits per heavy atom. The van der Waals surface area contributed by atoms with Crippen molar-refractivity contribution in [2.75, 3.05) is 28.6 Å². The third-order valence-corrected chi connectivity index (χ3v) is 5.01. The predicted molar refractivity (Wildman–Crippen MR) is 117 cm³/mol. The van der Waals surface area contributed by atoms with Gasteiger partial charge in [0.2, 0.25) is 5.95 Å². The monoisotopic (exact) mass is 384 g/mol. The summed E-state index contributed by atoms with van der Waals surface area (Å²) in [4.78, 5) is 11.5. The van der Waals surface area contributed by atoms with Gasteiger partial charge in [0, 0.05) is 36.2 Å². The van der Waals surface area contributed by atoms with E-state index in [1.165, 1.54) is 24.9 Å². The van der Waals surface area contributed by atoms with Crippen molar-refractivity contribution in [3.05, 3.63) is 65.9 Å². The third-order valence-electron chi connectivity index (χ3n) is 5.01. The number of anilines is 5. The Morgan fingerprint density at radius 1 is 0.931 bits per heavy atom. The van der Waals surface area contributed by atoms with Gasteiger partial charge in [0.15, 0.2) is 0 Å². The molecule has 0 unspecified atom stereocenters. The summed E-state index contributed by atoms with van der Waals surface area (Å²) in [6, 6.07) is 19.8. The lowest BCUT2D eigenvalue weighted by atomic mass is 10.1. The summed E-state index contributed by atoms with van der Waals surface area (Å²) >= 11 is 0. The zero-order valence-electron chi connectivity index (χ0n) is 16.5. The lowest BCUT2D eigenvalue weighted by Gasteiger charge is -2.28. The molecule has 0 aliphatic carbocycles. The summed E-state index contributed by atoms with van der Waals surface area (Å²) in [7, 11) is 0. The van der Waals surface area contributed by atoms with Crippen LogP contribution < -0.4 is 15.5 Å². The summed E-state index contributed by atoms with van der Waals surface area (Å²) < 4.78 is 0. The van der Waals surface area contributed by atoms with Crippen molar-refractivity contribution in [1.82, 2.24) is 9.97 Å². The molecule has 0 atom stereocenters. The minimum atomic E-state index is 0.521. The van der Waals surface area contributed by atoms with Gasteiger partial charge in [-0.05, 0) is 62.6 Å². The second-order valence-electron chi connectivity index (χ2n) is 7.22. The van der Waals surface area contributed by atoms with Crippen molar-refractivity contribution in [1.29, 1.82) is 5.26 Å². The van der Waals surface area contributed by atoms with E-state index in [0.717, 1.165) is 30.2 Å². The third kappa shape index (κ3) is 4.64. The molecule has 1 aliphatic rings.